The number of carbonyl (C=O) groups excluding carboxylic acids is 4. The van der Waals surface area contributed by atoms with Crippen LogP contribution < -0.4 is 10.2 Å². The molecule has 1 aliphatic carbocycles. The van der Waals surface area contributed by atoms with Gasteiger partial charge in [0.15, 0.2) is 5.78 Å². The highest BCUT2D eigenvalue weighted by molar-refractivity contribution is 6.11. The summed E-state index contributed by atoms with van der Waals surface area (Å²) in [6.07, 6.45) is 3.28. The molecule has 142 valence electrons. The molecule has 4 rings (SSSR count). The molecule has 1 aromatic rings. The van der Waals surface area contributed by atoms with Gasteiger partial charge < -0.3 is 10.2 Å². The largest absolute Gasteiger partial charge is 0.325 e. The summed E-state index contributed by atoms with van der Waals surface area (Å²) in [5.74, 6) is -0.0613. The Morgan fingerprint density at radius 2 is 1.93 bits per heavy atom. The Balaban J connectivity index is 1.50. The van der Waals surface area contributed by atoms with Crippen LogP contribution in [0.1, 0.15) is 48.5 Å². The number of anilines is 1. The molecule has 1 N–H and O–H groups in total. The Kier molecular flexibility index (Phi) is 4.05. The van der Waals surface area contributed by atoms with E-state index in [4.69, 9.17) is 0 Å². The van der Waals surface area contributed by atoms with Crippen molar-refractivity contribution in [3.8, 4) is 0 Å². The van der Waals surface area contributed by atoms with Crippen molar-refractivity contribution >= 4 is 29.3 Å². The highest BCUT2D eigenvalue weighted by Crippen LogP contribution is 2.36. The molecule has 0 atom stereocenters. The van der Waals surface area contributed by atoms with Crippen LogP contribution in [0.25, 0.3) is 0 Å². The maximum atomic E-state index is 12.9. The van der Waals surface area contributed by atoms with Gasteiger partial charge in [-0.1, -0.05) is 6.92 Å². The molecule has 0 bridgehead atoms. The summed E-state index contributed by atoms with van der Waals surface area (Å²) in [7, 11) is 1.70. The van der Waals surface area contributed by atoms with E-state index in [-0.39, 0.29) is 30.6 Å². The van der Waals surface area contributed by atoms with Gasteiger partial charge in [-0.15, -0.1) is 0 Å². The summed E-state index contributed by atoms with van der Waals surface area (Å²) in [5, 5.41) is 2.83. The van der Waals surface area contributed by atoms with Gasteiger partial charge in [-0.2, -0.15) is 0 Å². The molecule has 7 nitrogen and oxygen atoms in total. The van der Waals surface area contributed by atoms with Crippen molar-refractivity contribution < 1.29 is 19.2 Å². The third-order valence-electron chi connectivity index (χ3n) is 6.15. The number of hydrogen-bond acceptors (Lipinski definition) is 4. The third-order valence-corrected chi connectivity index (χ3v) is 6.15. The first-order valence-electron chi connectivity index (χ1n) is 9.37. The number of nitrogens with one attached hydrogen (secondary N) is 1. The van der Waals surface area contributed by atoms with Gasteiger partial charge in [0, 0.05) is 18.3 Å². The van der Waals surface area contributed by atoms with Crippen molar-refractivity contribution in [2.45, 2.75) is 44.6 Å². The maximum absolute atomic E-state index is 12.9. The molecule has 1 aromatic carbocycles. The average Bonchev–Trinajstić information content (AvgIpc) is 3.05. The lowest BCUT2D eigenvalue weighted by Crippen LogP contribution is -2.49. The molecule has 0 aromatic heterocycles. The van der Waals surface area contributed by atoms with Crippen LogP contribution in [0.4, 0.5) is 10.5 Å². The van der Waals surface area contributed by atoms with Gasteiger partial charge >= 0.3 is 6.03 Å². The minimum absolute atomic E-state index is 0.0165. The Labute approximate surface area is 157 Å². The van der Waals surface area contributed by atoms with Crippen LogP contribution in [0.3, 0.4) is 0 Å². The van der Waals surface area contributed by atoms with E-state index >= 15 is 0 Å². The number of amides is 4. The van der Waals surface area contributed by atoms with E-state index in [0.29, 0.717) is 24.3 Å². The fraction of sp³-hybridized carbons (Fsp3) is 0.500. The van der Waals surface area contributed by atoms with Gasteiger partial charge in [0.2, 0.25) is 5.91 Å². The summed E-state index contributed by atoms with van der Waals surface area (Å²) in [6, 6.07) is 4.59. The van der Waals surface area contributed by atoms with E-state index in [1.165, 1.54) is 0 Å². The standard InChI is InChI=1S/C20H23N3O4/c1-12-5-7-20(8-6-12)18(26)23(19(27)21-20)11-16(24)13-3-4-15-14(9-13)10-17(25)22(15)2/h3-4,9,12H,5-8,10-11H2,1-2H3,(H,21,27). The average molecular weight is 369 g/mol. The number of nitrogens with zero attached hydrogens (tertiary/aromatic N) is 2. The highest BCUT2D eigenvalue weighted by Gasteiger charge is 2.52. The van der Waals surface area contributed by atoms with Gasteiger partial charge in [0.1, 0.15) is 5.54 Å². The van der Waals surface area contributed by atoms with Gasteiger partial charge in [-0.3, -0.25) is 19.3 Å². The number of ketones is 1. The molecule has 2 fully saturated rings. The summed E-state index contributed by atoms with van der Waals surface area (Å²) >= 11 is 0. The molecular weight excluding hydrogens is 346 g/mol. The maximum Gasteiger partial charge on any atom is 0.325 e. The zero-order valence-corrected chi connectivity index (χ0v) is 15.6. The molecule has 1 saturated heterocycles. The normalized spacial score (nSPS) is 27.3. The predicted octanol–water partition coefficient (Wildman–Crippen LogP) is 1.89. The molecule has 27 heavy (non-hydrogen) atoms. The minimum atomic E-state index is -0.836. The summed E-state index contributed by atoms with van der Waals surface area (Å²) in [4.78, 5) is 52.4. The van der Waals surface area contributed by atoms with Gasteiger partial charge in [-0.05, 0) is 55.4 Å². The molecule has 3 aliphatic rings. The lowest BCUT2D eigenvalue weighted by Gasteiger charge is -2.33. The number of urea groups is 1. The van der Waals surface area contributed by atoms with Gasteiger partial charge in [0.05, 0.1) is 13.0 Å². The predicted molar refractivity (Wildman–Crippen MR) is 98.5 cm³/mol. The molecule has 2 heterocycles. The Bertz CT molecular complexity index is 855. The second-order valence-corrected chi connectivity index (χ2v) is 7.98. The van der Waals surface area contributed by atoms with E-state index in [1.807, 2.05) is 0 Å². The van der Waals surface area contributed by atoms with E-state index in [0.717, 1.165) is 29.0 Å². The Morgan fingerprint density at radius 1 is 1.22 bits per heavy atom. The lowest BCUT2D eigenvalue weighted by molar-refractivity contribution is -0.132. The van der Waals surface area contributed by atoms with Gasteiger partial charge in [-0.25, -0.2) is 4.79 Å². The first-order valence-corrected chi connectivity index (χ1v) is 9.37. The number of carbonyl (C=O) groups is 4. The molecule has 7 heteroatoms. The molecule has 1 spiro atoms. The van der Waals surface area contributed by atoms with Crippen molar-refractivity contribution in [1.82, 2.24) is 10.2 Å². The molecule has 0 unspecified atom stereocenters. The second kappa shape index (κ2) is 6.18. The topological polar surface area (TPSA) is 86.8 Å². The van der Waals surface area contributed by atoms with Crippen LogP contribution in [0.2, 0.25) is 0 Å². The number of rotatable bonds is 3. The van der Waals surface area contributed by atoms with E-state index < -0.39 is 11.6 Å². The van der Waals surface area contributed by atoms with E-state index in [2.05, 4.69) is 12.2 Å². The third kappa shape index (κ3) is 2.81. The Hall–Kier alpha value is -2.70. The van der Waals surface area contributed by atoms with E-state index in [9.17, 15) is 19.2 Å². The number of fused-ring (bicyclic) bond motifs is 1. The quantitative estimate of drug-likeness (QED) is 0.651. The molecule has 0 radical (unpaired) electrons. The van der Waals surface area contributed by atoms with Gasteiger partial charge in [0.25, 0.3) is 5.91 Å². The van der Waals surface area contributed by atoms with Crippen molar-refractivity contribution in [2.75, 3.05) is 18.5 Å². The van der Waals surface area contributed by atoms with Crippen LogP contribution in [0.5, 0.6) is 0 Å². The van der Waals surface area contributed by atoms with Crippen LogP contribution in [-0.2, 0) is 16.0 Å². The van der Waals surface area contributed by atoms with Crippen LogP contribution >= 0.6 is 0 Å². The summed E-state index contributed by atoms with van der Waals surface area (Å²) < 4.78 is 0. The molecular formula is C20H23N3O4. The molecule has 2 aliphatic heterocycles. The van der Waals surface area contributed by atoms with Crippen molar-refractivity contribution in [2.24, 2.45) is 5.92 Å². The fourth-order valence-electron chi connectivity index (χ4n) is 4.29. The highest BCUT2D eigenvalue weighted by atomic mass is 16.2. The summed E-state index contributed by atoms with van der Waals surface area (Å²) in [5.41, 5.74) is 1.16. The Morgan fingerprint density at radius 3 is 2.63 bits per heavy atom. The van der Waals surface area contributed by atoms with Crippen molar-refractivity contribution in [1.29, 1.82) is 0 Å². The first-order chi connectivity index (χ1) is 12.8. The van der Waals surface area contributed by atoms with E-state index in [1.54, 1.807) is 30.1 Å². The van der Waals surface area contributed by atoms with Crippen molar-refractivity contribution in [3.63, 3.8) is 0 Å². The van der Waals surface area contributed by atoms with Crippen LogP contribution in [-0.4, -0.2) is 47.7 Å². The van der Waals surface area contributed by atoms with Crippen LogP contribution in [0, 0.1) is 5.92 Å². The number of benzene rings is 1. The SMILES string of the molecule is CC1CCC2(CC1)NC(=O)N(CC(=O)c1ccc3c(c1)CC(=O)N3C)C2=O. The fourth-order valence-corrected chi connectivity index (χ4v) is 4.29. The van der Waals surface area contributed by atoms with Crippen molar-refractivity contribution in [3.05, 3.63) is 29.3 Å². The zero-order chi connectivity index (χ0) is 19.3. The number of imide groups is 1. The molecule has 4 amide bonds. The van der Waals surface area contributed by atoms with Crippen LogP contribution in [0.15, 0.2) is 18.2 Å². The molecule has 1 saturated carbocycles. The number of hydrogen-bond donors (Lipinski definition) is 1. The second-order valence-electron chi connectivity index (χ2n) is 7.98. The number of likely N-dealkylation sites (N-methyl/N-ethyl adjacent to an activating group) is 1. The zero-order valence-electron chi connectivity index (χ0n) is 15.6. The monoisotopic (exact) mass is 369 g/mol. The summed E-state index contributed by atoms with van der Waals surface area (Å²) in [6.45, 7) is 1.87. The smallest absolute Gasteiger partial charge is 0.323 e. The first kappa shape index (κ1) is 17.7. The number of Topliss-reactive ketones (excluding diaryl/α,β-unsaturated/α-hetero) is 1. The minimum Gasteiger partial charge on any atom is -0.323 e. The lowest BCUT2D eigenvalue weighted by atomic mass is 9.77.